The normalized spacial score (nSPS) is 11.2. The zero-order valence-corrected chi connectivity index (χ0v) is 11.0. The lowest BCUT2D eigenvalue weighted by molar-refractivity contribution is 0.510. The summed E-state index contributed by atoms with van der Waals surface area (Å²) >= 11 is 0. The predicted molar refractivity (Wildman–Crippen MR) is 70.2 cm³/mol. The number of fused-ring (bicyclic) bond motifs is 1. The summed E-state index contributed by atoms with van der Waals surface area (Å²) in [5, 5.41) is 0.126. The van der Waals surface area contributed by atoms with E-state index >= 15 is 0 Å². The van der Waals surface area contributed by atoms with Gasteiger partial charge in [-0.2, -0.15) is 0 Å². The molecule has 0 unspecified atom stereocenters. The third-order valence-electron chi connectivity index (χ3n) is 3.15. The molecule has 0 aliphatic heterocycles. The predicted octanol–water partition coefficient (Wildman–Crippen LogP) is 3.04. The summed E-state index contributed by atoms with van der Waals surface area (Å²) in [5.41, 5.74) is -0.0859. The van der Waals surface area contributed by atoms with Crippen molar-refractivity contribution in [3.63, 3.8) is 0 Å². The zero-order valence-electron chi connectivity index (χ0n) is 11.0. The van der Waals surface area contributed by atoms with Crippen molar-refractivity contribution in [3.8, 4) is 0 Å². The van der Waals surface area contributed by atoms with Crippen molar-refractivity contribution in [3.05, 3.63) is 39.9 Å². The third-order valence-corrected chi connectivity index (χ3v) is 3.15. The number of rotatable bonds is 4. The van der Waals surface area contributed by atoms with E-state index in [9.17, 15) is 13.6 Å². The second-order valence-corrected chi connectivity index (χ2v) is 4.46. The van der Waals surface area contributed by atoms with E-state index in [0.717, 1.165) is 25.0 Å². The van der Waals surface area contributed by atoms with E-state index in [-0.39, 0.29) is 16.5 Å². The Bertz CT molecular complexity index is 665. The fourth-order valence-corrected chi connectivity index (χ4v) is 2.11. The number of aryl methyl sites for hydroxylation is 1. The number of aromatic nitrogens is 2. The van der Waals surface area contributed by atoms with Crippen LogP contribution in [0.25, 0.3) is 10.9 Å². The first-order chi connectivity index (χ1) is 9.08. The fraction of sp³-hybridized carbons (Fsp3) is 0.429. The van der Waals surface area contributed by atoms with Crippen LogP contribution >= 0.6 is 0 Å². The molecule has 0 aliphatic carbocycles. The van der Waals surface area contributed by atoms with E-state index in [4.69, 9.17) is 0 Å². The number of nitrogens with zero attached hydrogens (tertiary/aromatic N) is 2. The Morgan fingerprint density at radius 1 is 1.21 bits per heavy atom. The first-order valence-corrected chi connectivity index (χ1v) is 6.47. The molecule has 0 fully saturated rings. The van der Waals surface area contributed by atoms with E-state index in [1.807, 2.05) is 13.8 Å². The number of hydrogen-bond donors (Lipinski definition) is 0. The Hall–Kier alpha value is -1.78. The Labute approximate surface area is 109 Å². The first kappa shape index (κ1) is 13.6. The van der Waals surface area contributed by atoms with Crippen molar-refractivity contribution < 1.29 is 8.78 Å². The van der Waals surface area contributed by atoms with Crippen LogP contribution in [0, 0.1) is 11.6 Å². The molecule has 0 aliphatic rings. The number of unbranched alkanes of at least 4 members (excludes halogenated alkanes) is 1. The van der Waals surface area contributed by atoms with Gasteiger partial charge < -0.3 is 0 Å². The first-order valence-electron chi connectivity index (χ1n) is 6.47. The maximum atomic E-state index is 13.2. The molecule has 1 heterocycles. The summed E-state index contributed by atoms with van der Waals surface area (Å²) in [5.74, 6) is -1.36. The molecule has 1 aromatic carbocycles. The van der Waals surface area contributed by atoms with Crippen molar-refractivity contribution in [1.82, 2.24) is 9.55 Å². The van der Waals surface area contributed by atoms with Gasteiger partial charge in [0.2, 0.25) is 0 Å². The summed E-state index contributed by atoms with van der Waals surface area (Å²) in [7, 11) is 0. The summed E-state index contributed by atoms with van der Waals surface area (Å²) < 4.78 is 28.0. The van der Waals surface area contributed by atoms with Gasteiger partial charge in [-0.15, -0.1) is 0 Å². The molecule has 0 spiro atoms. The van der Waals surface area contributed by atoms with Crippen LogP contribution in [-0.4, -0.2) is 9.55 Å². The van der Waals surface area contributed by atoms with Gasteiger partial charge in [0.05, 0.1) is 10.9 Å². The largest absolute Gasteiger partial charge is 0.296 e. The van der Waals surface area contributed by atoms with Crippen molar-refractivity contribution in [2.75, 3.05) is 0 Å². The second kappa shape index (κ2) is 5.47. The van der Waals surface area contributed by atoms with E-state index < -0.39 is 11.6 Å². The van der Waals surface area contributed by atoms with Crippen molar-refractivity contribution in [2.45, 2.75) is 39.7 Å². The average Bonchev–Trinajstić information content (AvgIpc) is 2.39. The van der Waals surface area contributed by atoms with Gasteiger partial charge in [-0.05, 0) is 19.4 Å². The molecular formula is C14H16F2N2O. The highest BCUT2D eigenvalue weighted by Gasteiger charge is 2.13. The highest BCUT2D eigenvalue weighted by Crippen LogP contribution is 2.15. The van der Waals surface area contributed by atoms with Gasteiger partial charge in [-0.1, -0.05) is 13.3 Å². The maximum Gasteiger partial charge on any atom is 0.261 e. The van der Waals surface area contributed by atoms with Crippen LogP contribution in [0.5, 0.6) is 0 Å². The summed E-state index contributed by atoms with van der Waals surface area (Å²) in [6.45, 7) is 4.36. The molecule has 0 saturated heterocycles. The van der Waals surface area contributed by atoms with Crippen molar-refractivity contribution in [2.24, 2.45) is 0 Å². The van der Waals surface area contributed by atoms with E-state index in [1.165, 1.54) is 4.57 Å². The molecule has 0 radical (unpaired) electrons. The van der Waals surface area contributed by atoms with E-state index in [2.05, 4.69) is 4.98 Å². The van der Waals surface area contributed by atoms with Gasteiger partial charge in [-0.3, -0.25) is 9.36 Å². The Morgan fingerprint density at radius 3 is 2.53 bits per heavy atom. The van der Waals surface area contributed by atoms with E-state index in [0.29, 0.717) is 18.8 Å². The highest BCUT2D eigenvalue weighted by molar-refractivity contribution is 5.77. The maximum absolute atomic E-state index is 13.2. The molecule has 0 saturated carbocycles. The van der Waals surface area contributed by atoms with Gasteiger partial charge >= 0.3 is 0 Å². The molecule has 2 rings (SSSR count). The van der Waals surface area contributed by atoms with Crippen LogP contribution in [-0.2, 0) is 13.0 Å². The van der Waals surface area contributed by atoms with Crippen LogP contribution in [0.15, 0.2) is 16.9 Å². The van der Waals surface area contributed by atoms with Crippen LogP contribution in [0.2, 0.25) is 0 Å². The molecule has 102 valence electrons. The molecule has 3 nitrogen and oxygen atoms in total. The van der Waals surface area contributed by atoms with Crippen molar-refractivity contribution >= 4 is 10.9 Å². The molecule has 5 heteroatoms. The molecular weight excluding hydrogens is 250 g/mol. The smallest absolute Gasteiger partial charge is 0.261 e. The number of hydrogen-bond acceptors (Lipinski definition) is 2. The molecule has 1 aromatic heterocycles. The summed E-state index contributed by atoms with van der Waals surface area (Å²) in [6.07, 6.45) is 2.55. The monoisotopic (exact) mass is 266 g/mol. The second-order valence-electron chi connectivity index (χ2n) is 4.46. The van der Waals surface area contributed by atoms with Gasteiger partial charge in [-0.25, -0.2) is 13.8 Å². The summed E-state index contributed by atoms with van der Waals surface area (Å²) in [6, 6.07) is 1.91. The molecule has 2 aromatic rings. The Kier molecular flexibility index (Phi) is 3.93. The minimum atomic E-state index is -1.02. The van der Waals surface area contributed by atoms with Gasteiger partial charge in [0.25, 0.3) is 5.56 Å². The number of halogens is 2. The Morgan fingerprint density at radius 2 is 1.89 bits per heavy atom. The topological polar surface area (TPSA) is 34.9 Å². The lowest BCUT2D eigenvalue weighted by atomic mass is 10.2. The average molecular weight is 266 g/mol. The SMILES string of the molecule is CCCCc1nc2cc(F)c(F)cc2c(=O)n1CC. The van der Waals surface area contributed by atoms with Crippen LogP contribution in [0.4, 0.5) is 8.78 Å². The summed E-state index contributed by atoms with van der Waals surface area (Å²) in [4.78, 5) is 16.5. The van der Waals surface area contributed by atoms with Crippen LogP contribution in [0.1, 0.15) is 32.5 Å². The fourth-order valence-electron chi connectivity index (χ4n) is 2.11. The van der Waals surface area contributed by atoms with Crippen molar-refractivity contribution in [1.29, 1.82) is 0 Å². The minimum Gasteiger partial charge on any atom is -0.296 e. The van der Waals surface area contributed by atoms with Gasteiger partial charge in [0, 0.05) is 19.0 Å². The quantitative estimate of drug-likeness (QED) is 0.852. The minimum absolute atomic E-state index is 0.126. The molecule has 19 heavy (non-hydrogen) atoms. The zero-order chi connectivity index (χ0) is 14.0. The molecule has 0 bridgehead atoms. The number of benzene rings is 1. The highest BCUT2D eigenvalue weighted by atomic mass is 19.2. The molecule has 0 atom stereocenters. The third kappa shape index (κ3) is 2.50. The lowest BCUT2D eigenvalue weighted by Gasteiger charge is -2.11. The molecule has 0 N–H and O–H groups in total. The van der Waals surface area contributed by atoms with Gasteiger partial charge in [0.15, 0.2) is 11.6 Å². The van der Waals surface area contributed by atoms with Crippen LogP contribution in [0.3, 0.4) is 0 Å². The Balaban J connectivity index is 2.70. The van der Waals surface area contributed by atoms with Crippen LogP contribution < -0.4 is 5.56 Å². The standard InChI is InChI=1S/C14H16F2N2O/c1-3-5-6-13-17-12-8-11(16)10(15)7-9(12)14(19)18(13)4-2/h7-8H,3-6H2,1-2H3. The van der Waals surface area contributed by atoms with Gasteiger partial charge in [0.1, 0.15) is 5.82 Å². The molecule has 0 amide bonds. The lowest BCUT2D eigenvalue weighted by Crippen LogP contribution is -2.25. The van der Waals surface area contributed by atoms with E-state index in [1.54, 1.807) is 0 Å².